The summed E-state index contributed by atoms with van der Waals surface area (Å²) < 4.78 is 27.6. The highest BCUT2D eigenvalue weighted by Gasteiger charge is 2.24. The lowest BCUT2D eigenvalue weighted by Gasteiger charge is -2.14. The lowest BCUT2D eigenvalue weighted by Crippen LogP contribution is -2.15. The third kappa shape index (κ3) is 3.60. The fourth-order valence-corrected chi connectivity index (χ4v) is 4.29. The molecule has 0 bridgehead atoms. The summed E-state index contributed by atoms with van der Waals surface area (Å²) in [4.78, 5) is 10.7. The number of aromatic carboxylic acids is 1. The van der Waals surface area contributed by atoms with Gasteiger partial charge >= 0.3 is 5.97 Å². The van der Waals surface area contributed by atoms with E-state index in [1.807, 2.05) is 0 Å². The Kier molecular flexibility index (Phi) is 4.89. The molecule has 2 aromatic rings. The fraction of sp³-hybridized carbons (Fsp3) is 0.133. The summed E-state index contributed by atoms with van der Waals surface area (Å²) in [5, 5.41) is 9.25. The highest BCUT2D eigenvalue weighted by atomic mass is 35.5. The van der Waals surface area contributed by atoms with Gasteiger partial charge in [-0.2, -0.15) is 0 Å². The lowest BCUT2D eigenvalue weighted by molar-refractivity contribution is 0.0697. The number of hydrogen-bond acceptors (Lipinski definition) is 3. The molecule has 0 saturated heterocycles. The number of halogens is 2. The van der Waals surface area contributed by atoms with Gasteiger partial charge in [-0.3, -0.25) is 4.72 Å². The second-order valence-electron chi connectivity index (χ2n) is 4.93. The third-order valence-corrected chi connectivity index (χ3v) is 5.78. The van der Waals surface area contributed by atoms with E-state index in [1.165, 1.54) is 24.3 Å². The standard InChI is InChI=1S/C15H13Cl2NO4S/c1-8-7-12(16)9(2)14(13(8)17)23(21,22)18-11-5-3-10(4-6-11)15(19)20/h3-7,18H,1-2H3,(H,19,20). The monoisotopic (exact) mass is 373 g/mol. The maximum absolute atomic E-state index is 12.6. The van der Waals surface area contributed by atoms with Crippen molar-refractivity contribution >= 4 is 44.9 Å². The average Bonchev–Trinajstić information content (AvgIpc) is 2.45. The van der Waals surface area contributed by atoms with Crippen molar-refractivity contribution < 1.29 is 18.3 Å². The predicted molar refractivity (Wildman–Crippen MR) is 90.1 cm³/mol. The van der Waals surface area contributed by atoms with Gasteiger partial charge in [0.15, 0.2) is 0 Å². The summed E-state index contributed by atoms with van der Waals surface area (Å²) in [6.45, 7) is 3.23. The molecule has 0 aliphatic heterocycles. The van der Waals surface area contributed by atoms with Crippen molar-refractivity contribution in [1.29, 1.82) is 0 Å². The zero-order valence-corrected chi connectivity index (χ0v) is 14.6. The van der Waals surface area contributed by atoms with E-state index in [2.05, 4.69) is 4.72 Å². The molecule has 2 rings (SSSR count). The van der Waals surface area contributed by atoms with Crippen LogP contribution in [0, 0.1) is 13.8 Å². The Morgan fingerprint density at radius 2 is 1.70 bits per heavy atom. The maximum atomic E-state index is 12.6. The van der Waals surface area contributed by atoms with E-state index in [0.717, 1.165) is 0 Å². The van der Waals surface area contributed by atoms with Crippen molar-refractivity contribution in [2.24, 2.45) is 0 Å². The van der Waals surface area contributed by atoms with E-state index in [-0.39, 0.29) is 21.2 Å². The molecule has 122 valence electrons. The number of carbonyl (C=O) groups is 1. The number of anilines is 1. The van der Waals surface area contributed by atoms with Gasteiger partial charge in [-0.1, -0.05) is 23.2 Å². The van der Waals surface area contributed by atoms with Crippen LogP contribution in [0.15, 0.2) is 35.2 Å². The molecular formula is C15H13Cl2NO4S. The summed E-state index contributed by atoms with van der Waals surface area (Å²) in [5.74, 6) is -1.09. The number of nitrogens with one attached hydrogen (secondary N) is 1. The molecule has 5 nitrogen and oxygen atoms in total. The largest absolute Gasteiger partial charge is 0.478 e. The van der Waals surface area contributed by atoms with Crippen LogP contribution >= 0.6 is 23.2 Å². The molecule has 0 amide bonds. The summed E-state index contributed by atoms with van der Waals surface area (Å²) in [6, 6.07) is 6.93. The summed E-state index contributed by atoms with van der Waals surface area (Å²) in [7, 11) is -3.97. The van der Waals surface area contributed by atoms with Gasteiger partial charge in [0, 0.05) is 10.7 Å². The van der Waals surface area contributed by atoms with Gasteiger partial charge in [0.05, 0.1) is 10.6 Å². The van der Waals surface area contributed by atoms with Crippen molar-refractivity contribution in [3.05, 3.63) is 57.1 Å². The first-order valence-corrected chi connectivity index (χ1v) is 8.69. The van der Waals surface area contributed by atoms with Gasteiger partial charge in [0.1, 0.15) is 4.90 Å². The van der Waals surface area contributed by atoms with Crippen molar-refractivity contribution in [2.75, 3.05) is 4.72 Å². The smallest absolute Gasteiger partial charge is 0.335 e. The van der Waals surface area contributed by atoms with Gasteiger partial charge in [0.2, 0.25) is 0 Å². The molecule has 0 atom stereocenters. The van der Waals surface area contributed by atoms with Gasteiger partial charge < -0.3 is 5.11 Å². The second kappa shape index (κ2) is 6.39. The number of sulfonamides is 1. The van der Waals surface area contributed by atoms with Crippen molar-refractivity contribution in [3.63, 3.8) is 0 Å². The molecule has 8 heteroatoms. The number of benzene rings is 2. The first-order valence-electron chi connectivity index (χ1n) is 6.45. The van der Waals surface area contributed by atoms with E-state index >= 15 is 0 Å². The highest BCUT2D eigenvalue weighted by molar-refractivity contribution is 7.93. The van der Waals surface area contributed by atoms with Crippen LogP contribution in [-0.4, -0.2) is 19.5 Å². The van der Waals surface area contributed by atoms with Gasteiger partial charge in [0.25, 0.3) is 10.0 Å². The van der Waals surface area contributed by atoms with E-state index in [0.29, 0.717) is 16.1 Å². The molecular weight excluding hydrogens is 361 g/mol. The third-order valence-electron chi connectivity index (χ3n) is 3.24. The molecule has 0 aliphatic carbocycles. The number of carboxylic acids is 1. The first-order chi connectivity index (χ1) is 10.6. The van der Waals surface area contributed by atoms with Gasteiger partial charge in [-0.25, -0.2) is 13.2 Å². The first kappa shape index (κ1) is 17.6. The van der Waals surface area contributed by atoms with Crippen LogP contribution in [-0.2, 0) is 10.0 Å². The normalized spacial score (nSPS) is 11.3. The Labute approximate surface area is 143 Å². The zero-order chi connectivity index (χ0) is 17.4. The second-order valence-corrected chi connectivity index (χ2v) is 7.34. The van der Waals surface area contributed by atoms with E-state index in [9.17, 15) is 13.2 Å². The van der Waals surface area contributed by atoms with Gasteiger partial charge in [-0.15, -0.1) is 0 Å². The number of carboxylic acid groups (broad SMARTS) is 1. The SMILES string of the molecule is Cc1cc(Cl)c(C)c(S(=O)(=O)Nc2ccc(C(=O)O)cc2)c1Cl. The van der Waals surface area contributed by atoms with Crippen LogP contribution in [0.3, 0.4) is 0 Å². The van der Waals surface area contributed by atoms with E-state index < -0.39 is 16.0 Å². The zero-order valence-electron chi connectivity index (χ0n) is 12.2. The van der Waals surface area contributed by atoms with Crippen LogP contribution in [0.2, 0.25) is 10.0 Å². The number of hydrogen-bond donors (Lipinski definition) is 2. The summed E-state index contributed by atoms with van der Waals surface area (Å²) in [6.07, 6.45) is 0. The van der Waals surface area contributed by atoms with Crippen LogP contribution in [0.5, 0.6) is 0 Å². The number of aryl methyl sites for hydroxylation is 1. The minimum atomic E-state index is -3.97. The van der Waals surface area contributed by atoms with Crippen LogP contribution < -0.4 is 4.72 Å². The van der Waals surface area contributed by atoms with E-state index in [1.54, 1.807) is 19.9 Å². The van der Waals surface area contributed by atoms with Crippen molar-refractivity contribution in [3.8, 4) is 0 Å². The molecule has 2 aromatic carbocycles. The molecule has 0 saturated carbocycles. The molecule has 23 heavy (non-hydrogen) atoms. The predicted octanol–water partition coefficient (Wildman–Crippen LogP) is 4.11. The topological polar surface area (TPSA) is 83.5 Å². The minimum absolute atomic E-state index is 0.0563. The fourth-order valence-electron chi connectivity index (χ4n) is 2.02. The Bertz CT molecular complexity index is 851. The Hall–Kier alpha value is -1.76. The van der Waals surface area contributed by atoms with Crippen molar-refractivity contribution in [1.82, 2.24) is 0 Å². The molecule has 0 aromatic heterocycles. The summed E-state index contributed by atoms with van der Waals surface area (Å²) >= 11 is 12.2. The molecule has 0 radical (unpaired) electrons. The number of rotatable bonds is 4. The molecule has 0 heterocycles. The molecule has 0 unspecified atom stereocenters. The Morgan fingerprint density at radius 1 is 1.13 bits per heavy atom. The molecule has 0 spiro atoms. The molecule has 0 fully saturated rings. The van der Waals surface area contributed by atoms with Crippen molar-refractivity contribution in [2.45, 2.75) is 18.7 Å². The molecule has 0 aliphatic rings. The Balaban J connectivity index is 2.46. The van der Waals surface area contributed by atoms with Crippen LogP contribution in [0.4, 0.5) is 5.69 Å². The van der Waals surface area contributed by atoms with Gasteiger partial charge in [-0.05, 0) is 55.3 Å². The Morgan fingerprint density at radius 3 is 2.22 bits per heavy atom. The average molecular weight is 374 g/mol. The van der Waals surface area contributed by atoms with Crippen LogP contribution in [0.25, 0.3) is 0 Å². The van der Waals surface area contributed by atoms with E-state index in [4.69, 9.17) is 28.3 Å². The lowest BCUT2D eigenvalue weighted by atomic mass is 10.2. The maximum Gasteiger partial charge on any atom is 0.335 e. The highest BCUT2D eigenvalue weighted by Crippen LogP contribution is 2.34. The minimum Gasteiger partial charge on any atom is -0.478 e. The quantitative estimate of drug-likeness (QED) is 0.844. The van der Waals surface area contributed by atoms with Crippen LogP contribution in [0.1, 0.15) is 21.5 Å². The molecule has 2 N–H and O–H groups in total. The summed E-state index contributed by atoms with van der Waals surface area (Å²) in [5.41, 5.74) is 1.17.